The molecule has 4 heteroatoms. The van der Waals surface area contributed by atoms with Gasteiger partial charge in [0.1, 0.15) is 0 Å². The number of rotatable bonds is 8. The van der Waals surface area contributed by atoms with Crippen LogP contribution >= 0.6 is 0 Å². The topological polar surface area (TPSA) is 54.4 Å². The molecule has 1 atom stereocenters. The summed E-state index contributed by atoms with van der Waals surface area (Å²) in [6.45, 7) is 3.98. The molecule has 0 aliphatic heterocycles. The van der Waals surface area contributed by atoms with Gasteiger partial charge in [0, 0.05) is 0 Å². The minimum atomic E-state index is -3.03. The average Bonchev–Trinajstić information content (AvgIpc) is 2.03. The number of sulfone groups is 1. The van der Waals surface area contributed by atoms with Gasteiger partial charge in [0.2, 0.25) is 0 Å². The summed E-state index contributed by atoms with van der Waals surface area (Å²) in [5.74, 6) is 0.159. The summed E-state index contributed by atoms with van der Waals surface area (Å²) in [5, 5.41) is 9.36. The second kappa shape index (κ2) is 7.23. The molecule has 0 bridgehead atoms. The van der Waals surface area contributed by atoms with Gasteiger partial charge in [0.05, 0.1) is 17.6 Å². The van der Waals surface area contributed by atoms with Gasteiger partial charge in [-0.05, 0) is 12.8 Å². The molecule has 1 N–H and O–H groups in total. The lowest BCUT2D eigenvalue weighted by Gasteiger charge is -2.09. The summed E-state index contributed by atoms with van der Waals surface area (Å²) in [6.07, 6.45) is 3.42. The molecule has 0 aliphatic carbocycles. The third kappa shape index (κ3) is 7.33. The summed E-state index contributed by atoms with van der Waals surface area (Å²) in [7, 11) is -3.03. The number of unbranched alkanes of at least 4 members (excludes halogenated alkanes) is 2. The van der Waals surface area contributed by atoms with Gasteiger partial charge in [-0.3, -0.25) is 0 Å². The number of aliphatic hydroxyl groups excluding tert-OH is 1. The minimum Gasteiger partial charge on any atom is -0.392 e. The van der Waals surface area contributed by atoms with Crippen molar-refractivity contribution in [3.8, 4) is 0 Å². The van der Waals surface area contributed by atoms with Gasteiger partial charge in [-0.2, -0.15) is 0 Å². The van der Waals surface area contributed by atoms with Crippen molar-refractivity contribution >= 4 is 9.84 Å². The predicted molar refractivity (Wildman–Crippen MR) is 59.1 cm³/mol. The van der Waals surface area contributed by atoms with Crippen molar-refractivity contribution in [2.45, 2.75) is 52.1 Å². The van der Waals surface area contributed by atoms with Crippen LogP contribution in [0.25, 0.3) is 0 Å². The summed E-state index contributed by atoms with van der Waals surface area (Å²) in [6, 6.07) is 0. The molecule has 0 saturated carbocycles. The first-order valence-corrected chi connectivity index (χ1v) is 7.22. The van der Waals surface area contributed by atoms with Crippen LogP contribution in [0.5, 0.6) is 0 Å². The molecule has 1 unspecified atom stereocenters. The second-order valence-electron chi connectivity index (χ2n) is 3.76. The zero-order valence-electron chi connectivity index (χ0n) is 9.20. The van der Waals surface area contributed by atoms with Crippen molar-refractivity contribution in [2.24, 2.45) is 0 Å². The Morgan fingerprint density at radius 1 is 1.14 bits per heavy atom. The molecular formula is C10H22O3S. The smallest absolute Gasteiger partial charge is 0.152 e. The molecule has 0 aromatic rings. The lowest BCUT2D eigenvalue weighted by molar-refractivity contribution is 0.186. The molecular weight excluding hydrogens is 200 g/mol. The van der Waals surface area contributed by atoms with E-state index >= 15 is 0 Å². The highest BCUT2D eigenvalue weighted by Gasteiger charge is 2.15. The van der Waals surface area contributed by atoms with Crippen LogP contribution in [-0.2, 0) is 9.84 Å². The molecule has 0 fully saturated rings. The van der Waals surface area contributed by atoms with E-state index in [2.05, 4.69) is 0 Å². The van der Waals surface area contributed by atoms with Gasteiger partial charge in [0.15, 0.2) is 9.84 Å². The highest BCUT2D eigenvalue weighted by atomic mass is 32.2. The third-order valence-corrected chi connectivity index (χ3v) is 3.93. The zero-order valence-corrected chi connectivity index (χ0v) is 10.0. The van der Waals surface area contributed by atoms with Gasteiger partial charge in [-0.25, -0.2) is 8.42 Å². The molecule has 0 rings (SSSR count). The van der Waals surface area contributed by atoms with Crippen LogP contribution < -0.4 is 0 Å². The SMILES string of the molecule is CCCCCS(=O)(=O)CC(O)CCC. The third-order valence-electron chi connectivity index (χ3n) is 2.13. The largest absolute Gasteiger partial charge is 0.392 e. The molecule has 14 heavy (non-hydrogen) atoms. The molecule has 0 saturated heterocycles. The fourth-order valence-corrected chi connectivity index (χ4v) is 2.93. The fraction of sp³-hybridized carbons (Fsp3) is 1.00. The first kappa shape index (κ1) is 13.9. The molecule has 0 radical (unpaired) electrons. The van der Waals surface area contributed by atoms with Crippen LogP contribution in [0.2, 0.25) is 0 Å². The molecule has 0 aliphatic rings. The van der Waals surface area contributed by atoms with Crippen molar-refractivity contribution in [3.63, 3.8) is 0 Å². The highest BCUT2D eigenvalue weighted by Crippen LogP contribution is 2.05. The van der Waals surface area contributed by atoms with Crippen LogP contribution in [0.3, 0.4) is 0 Å². The van der Waals surface area contributed by atoms with Crippen molar-refractivity contribution in [1.29, 1.82) is 0 Å². The van der Waals surface area contributed by atoms with Gasteiger partial charge < -0.3 is 5.11 Å². The molecule has 0 heterocycles. The zero-order chi connectivity index (χ0) is 11.0. The fourth-order valence-electron chi connectivity index (χ4n) is 1.36. The average molecular weight is 222 g/mol. The van der Waals surface area contributed by atoms with Crippen LogP contribution in [0.4, 0.5) is 0 Å². The Hall–Kier alpha value is -0.0900. The predicted octanol–water partition coefficient (Wildman–Crippen LogP) is 1.75. The standard InChI is InChI=1S/C10H22O3S/c1-3-5-6-8-14(12,13)9-10(11)7-4-2/h10-11H,3-9H2,1-2H3. The summed E-state index contributed by atoms with van der Waals surface area (Å²) in [4.78, 5) is 0. The van der Waals surface area contributed by atoms with Gasteiger partial charge in [0.25, 0.3) is 0 Å². The molecule has 0 spiro atoms. The van der Waals surface area contributed by atoms with E-state index in [1.807, 2.05) is 13.8 Å². The number of hydrogen-bond donors (Lipinski definition) is 1. The highest BCUT2D eigenvalue weighted by molar-refractivity contribution is 7.91. The maximum Gasteiger partial charge on any atom is 0.152 e. The minimum absolute atomic E-state index is 0.0649. The maximum absolute atomic E-state index is 11.4. The lowest BCUT2D eigenvalue weighted by Crippen LogP contribution is -2.22. The maximum atomic E-state index is 11.4. The monoisotopic (exact) mass is 222 g/mol. The summed E-state index contributed by atoms with van der Waals surface area (Å²) in [5.41, 5.74) is 0. The molecule has 3 nitrogen and oxygen atoms in total. The van der Waals surface area contributed by atoms with E-state index in [0.29, 0.717) is 6.42 Å². The summed E-state index contributed by atoms with van der Waals surface area (Å²) < 4.78 is 22.9. The van der Waals surface area contributed by atoms with E-state index in [0.717, 1.165) is 25.7 Å². The van der Waals surface area contributed by atoms with Gasteiger partial charge in [-0.15, -0.1) is 0 Å². The van der Waals surface area contributed by atoms with Crippen molar-refractivity contribution in [1.82, 2.24) is 0 Å². The quantitative estimate of drug-likeness (QED) is 0.637. The Kier molecular flexibility index (Phi) is 7.19. The van der Waals surface area contributed by atoms with E-state index < -0.39 is 15.9 Å². The first-order valence-electron chi connectivity index (χ1n) is 5.40. The van der Waals surface area contributed by atoms with Gasteiger partial charge >= 0.3 is 0 Å². The van der Waals surface area contributed by atoms with Crippen LogP contribution in [0, 0.1) is 0 Å². The number of hydrogen-bond acceptors (Lipinski definition) is 3. The number of aliphatic hydroxyl groups is 1. The van der Waals surface area contributed by atoms with E-state index in [9.17, 15) is 13.5 Å². The van der Waals surface area contributed by atoms with Gasteiger partial charge in [-0.1, -0.05) is 33.1 Å². The molecule has 0 aromatic heterocycles. The normalized spacial score (nSPS) is 14.2. The Balaban J connectivity index is 3.82. The Morgan fingerprint density at radius 3 is 2.29 bits per heavy atom. The lowest BCUT2D eigenvalue weighted by atomic mass is 10.2. The van der Waals surface area contributed by atoms with Crippen LogP contribution in [0.1, 0.15) is 46.0 Å². The van der Waals surface area contributed by atoms with Crippen molar-refractivity contribution in [2.75, 3.05) is 11.5 Å². The van der Waals surface area contributed by atoms with E-state index in [-0.39, 0.29) is 11.5 Å². The van der Waals surface area contributed by atoms with Crippen molar-refractivity contribution < 1.29 is 13.5 Å². The van der Waals surface area contributed by atoms with Crippen LogP contribution in [0.15, 0.2) is 0 Å². The summed E-state index contributed by atoms with van der Waals surface area (Å²) >= 11 is 0. The Labute approximate surface area is 87.4 Å². The van der Waals surface area contributed by atoms with Crippen LogP contribution in [-0.4, -0.2) is 31.1 Å². The molecule has 0 amide bonds. The second-order valence-corrected chi connectivity index (χ2v) is 5.99. The Morgan fingerprint density at radius 2 is 1.79 bits per heavy atom. The molecule has 86 valence electrons. The first-order chi connectivity index (χ1) is 6.52. The van der Waals surface area contributed by atoms with E-state index in [1.165, 1.54) is 0 Å². The molecule has 0 aromatic carbocycles. The van der Waals surface area contributed by atoms with E-state index in [4.69, 9.17) is 0 Å². The Bertz CT molecular complexity index is 222. The van der Waals surface area contributed by atoms with Crippen molar-refractivity contribution in [3.05, 3.63) is 0 Å². The van der Waals surface area contributed by atoms with E-state index in [1.54, 1.807) is 0 Å².